The van der Waals surface area contributed by atoms with Crippen molar-refractivity contribution in [3.05, 3.63) is 200 Å². The Morgan fingerprint density at radius 2 is 0.694 bits per heavy atom. The maximum atomic E-state index is 13.0. The highest BCUT2D eigenvalue weighted by molar-refractivity contribution is 5.92. The zero-order valence-electron chi connectivity index (χ0n) is 34.8. The van der Waals surface area contributed by atoms with Gasteiger partial charge in [-0.3, -0.25) is 9.59 Å². The number of esters is 4. The number of hydrogen-bond donors (Lipinski definition) is 0. The second kappa shape index (κ2) is 21.2. The second-order valence-corrected chi connectivity index (χ2v) is 14.2. The fourth-order valence-corrected chi connectivity index (χ4v) is 5.95. The molecule has 6 aromatic carbocycles. The minimum absolute atomic E-state index is 0.292. The third-order valence-electron chi connectivity index (χ3n) is 9.35. The molecule has 0 heterocycles. The van der Waals surface area contributed by atoms with Crippen LogP contribution in [0.4, 0.5) is 0 Å². The summed E-state index contributed by atoms with van der Waals surface area (Å²) in [5.74, 6) is 18.1. The molecule has 8 heteroatoms. The van der Waals surface area contributed by atoms with Gasteiger partial charge in [-0.05, 0) is 145 Å². The molecule has 0 saturated carbocycles. The maximum Gasteiger partial charge on any atom is 0.343 e. The Balaban J connectivity index is 0.976. The lowest BCUT2D eigenvalue weighted by Gasteiger charge is -2.08. The van der Waals surface area contributed by atoms with Gasteiger partial charge >= 0.3 is 23.9 Å². The van der Waals surface area contributed by atoms with Crippen LogP contribution in [0.1, 0.15) is 90.2 Å². The van der Waals surface area contributed by atoms with Crippen LogP contribution in [0.15, 0.2) is 133 Å². The third kappa shape index (κ3) is 13.2. The molecule has 0 aliphatic rings. The monoisotopic (exact) mass is 818 g/mol. The Bertz CT molecular complexity index is 2590. The van der Waals surface area contributed by atoms with Crippen molar-refractivity contribution in [1.29, 1.82) is 0 Å². The van der Waals surface area contributed by atoms with Crippen molar-refractivity contribution in [2.45, 2.75) is 40.5 Å². The molecular weight excluding hydrogens is 777 g/mol. The number of aryl methyl sites for hydroxylation is 2. The smallest absolute Gasteiger partial charge is 0.343 e. The number of benzene rings is 6. The predicted octanol–water partition coefficient (Wildman–Crippen LogP) is 9.15. The van der Waals surface area contributed by atoms with E-state index < -0.39 is 11.9 Å². The number of hydrogen-bond acceptors (Lipinski definition) is 8. The van der Waals surface area contributed by atoms with Crippen molar-refractivity contribution in [3.8, 4) is 47.0 Å². The molecule has 0 aliphatic carbocycles. The van der Waals surface area contributed by atoms with Gasteiger partial charge in [0.15, 0.2) is 0 Å². The molecule has 0 N–H and O–H groups in total. The van der Waals surface area contributed by atoms with Gasteiger partial charge in [0.25, 0.3) is 0 Å². The summed E-state index contributed by atoms with van der Waals surface area (Å²) >= 11 is 0. The Morgan fingerprint density at radius 1 is 0.403 bits per heavy atom. The zero-order valence-corrected chi connectivity index (χ0v) is 34.8. The largest absolute Gasteiger partial charge is 0.466 e. The van der Waals surface area contributed by atoms with E-state index in [1.54, 1.807) is 60.7 Å². The van der Waals surface area contributed by atoms with E-state index in [1.165, 1.54) is 13.8 Å². The molecule has 6 aromatic rings. The van der Waals surface area contributed by atoms with E-state index in [0.29, 0.717) is 59.8 Å². The van der Waals surface area contributed by atoms with Crippen molar-refractivity contribution < 1.29 is 38.1 Å². The highest BCUT2D eigenvalue weighted by atomic mass is 16.5. The van der Waals surface area contributed by atoms with Crippen molar-refractivity contribution in [3.63, 3.8) is 0 Å². The van der Waals surface area contributed by atoms with Crippen LogP contribution in [0.3, 0.4) is 0 Å². The van der Waals surface area contributed by atoms with E-state index in [1.807, 2.05) is 86.6 Å². The van der Waals surface area contributed by atoms with Crippen LogP contribution in [0, 0.1) is 49.4 Å². The van der Waals surface area contributed by atoms with Crippen LogP contribution in [0.25, 0.3) is 0 Å². The standard InChI is InChI=1S/C54H42O8/c1-37-35-47(17-15-41-7-11-45(12-8-41)31-33-59-39(3)55)23-29-51(37)61-53(57)49-25-19-43(20-26-49)5-6-44-21-27-50(28-22-44)54(58)62-52-30-24-48(36-38(52)2)18-16-42-9-13-46(14-10-42)32-34-60-40(4)56/h7-14,19-30,35-36H,31-34H2,1-4H3. The highest BCUT2D eigenvalue weighted by Gasteiger charge is 2.12. The lowest BCUT2D eigenvalue weighted by Crippen LogP contribution is -2.09. The van der Waals surface area contributed by atoms with E-state index in [-0.39, 0.29) is 11.9 Å². The van der Waals surface area contributed by atoms with E-state index >= 15 is 0 Å². The van der Waals surface area contributed by atoms with Crippen molar-refractivity contribution in [2.75, 3.05) is 13.2 Å². The minimum atomic E-state index is -0.490. The van der Waals surface area contributed by atoms with Gasteiger partial charge in [-0.25, -0.2) is 9.59 Å². The van der Waals surface area contributed by atoms with Gasteiger partial charge in [-0.1, -0.05) is 59.8 Å². The Morgan fingerprint density at radius 3 is 1.00 bits per heavy atom. The molecule has 8 nitrogen and oxygen atoms in total. The first-order chi connectivity index (χ1) is 30.0. The van der Waals surface area contributed by atoms with E-state index in [9.17, 15) is 19.2 Å². The zero-order chi connectivity index (χ0) is 43.8. The van der Waals surface area contributed by atoms with Crippen molar-refractivity contribution >= 4 is 23.9 Å². The topological polar surface area (TPSA) is 105 Å². The highest BCUT2D eigenvalue weighted by Crippen LogP contribution is 2.22. The Kier molecular flexibility index (Phi) is 14.9. The molecule has 0 aliphatic heterocycles. The fraction of sp³-hybridized carbons (Fsp3) is 0.148. The predicted molar refractivity (Wildman–Crippen MR) is 237 cm³/mol. The lowest BCUT2D eigenvalue weighted by molar-refractivity contribution is -0.141. The van der Waals surface area contributed by atoms with Crippen LogP contribution in [-0.2, 0) is 31.9 Å². The average molecular weight is 819 g/mol. The van der Waals surface area contributed by atoms with Gasteiger partial charge in [0.05, 0.1) is 24.3 Å². The van der Waals surface area contributed by atoms with Crippen LogP contribution in [0.5, 0.6) is 11.5 Å². The summed E-state index contributed by atoms with van der Waals surface area (Å²) in [6, 6.07) is 40.1. The average Bonchev–Trinajstić information content (AvgIpc) is 3.27. The van der Waals surface area contributed by atoms with Gasteiger partial charge in [0.2, 0.25) is 0 Å². The summed E-state index contributed by atoms with van der Waals surface area (Å²) in [7, 11) is 0. The van der Waals surface area contributed by atoms with Crippen LogP contribution < -0.4 is 9.47 Å². The molecule has 306 valence electrons. The molecule has 0 bridgehead atoms. The summed E-state index contributed by atoms with van der Waals surface area (Å²) in [5.41, 5.74) is 9.11. The maximum absolute atomic E-state index is 13.0. The molecule has 0 unspecified atom stereocenters. The van der Waals surface area contributed by atoms with E-state index in [0.717, 1.165) is 44.5 Å². The number of carbonyl (C=O) groups is 4. The summed E-state index contributed by atoms with van der Waals surface area (Å²) in [6.45, 7) is 7.19. The van der Waals surface area contributed by atoms with Gasteiger partial charge in [-0.2, -0.15) is 0 Å². The van der Waals surface area contributed by atoms with Gasteiger partial charge in [0, 0.05) is 60.1 Å². The molecule has 0 saturated heterocycles. The Hall–Kier alpha value is -8.12. The number of ether oxygens (including phenoxy) is 4. The molecular formula is C54H42O8. The number of rotatable bonds is 10. The molecule has 6 rings (SSSR count). The van der Waals surface area contributed by atoms with Crippen molar-refractivity contribution in [2.24, 2.45) is 0 Å². The molecule has 0 atom stereocenters. The molecule has 0 radical (unpaired) electrons. The van der Waals surface area contributed by atoms with Gasteiger partial charge in [-0.15, -0.1) is 0 Å². The lowest BCUT2D eigenvalue weighted by atomic mass is 10.1. The molecule has 0 fully saturated rings. The molecule has 0 amide bonds. The van der Waals surface area contributed by atoms with Crippen LogP contribution >= 0.6 is 0 Å². The third-order valence-corrected chi connectivity index (χ3v) is 9.35. The molecule has 0 aromatic heterocycles. The summed E-state index contributed by atoms with van der Waals surface area (Å²) in [5, 5.41) is 0. The first-order valence-corrected chi connectivity index (χ1v) is 19.8. The normalized spacial score (nSPS) is 10.1. The quantitative estimate of drug-likeness (QED) is 0.0766. The second-order valence-electron chi connectivity index (χ2n) is 14.2. The molecule has 0 spiro atoms. The fourth-order valence-electron chi connectivity index (χ4n) is 5.95. The summed E-state index contributed by atoms with van der Waals surface area (Å²) in [4.78, 5) is 47.9. The van der Waals surface area contributed by atoms with Crippen LogP contribution in [0.2, 0.25) is 0 Å². The first kappa shape index (κ1) is 43.5. The first-order valence-electron chi connectivity index (χ1n) is 19.8. The SMILES string of the molecule is CC(=O)OCCc1ccc(C#Cc2ccc(OC(=O)c3ccc(C#Cc4ccc(C(=O)Oc5ccc(C#Cc6ccc(CCOC(C)=O)cc6)cc5C)cc4)cc3)c(C)c2)cc1. The van der Waals surface area contributed by atoms with Crippen LogP contribution in [-0.4, -0.2) is 37.1 Å². The minimum Gasteiger partial charge on any atom is -0.466 e. The van der Waals surface area contributed by atoms with E-state index in [2.05, 4.69) is 35.5 Å². The molecule has 62 heavy (non-hydrogen) atoms. The summed E-state index contributed by atoms with van der Waals surface area (Å²) in [6.07, 6.45) is 1.28. The number of carbonyl (C=O) groups excluding carboxylic acids is 4. The Labute approximate surface area is 361 Å². The van der Waals surface area contributed by atoms with E-state index in [4.69, 9.17) is 18.9 Å². The van der Waals surface area contributed by atoms with Crippen molar-refractivity contribution in [1.82, 2.24) is 0 Å². The van der Waals surface area contributed by atoms with Gasteiger partial charge in [0.1, 0.15) is 11.5 Å². The summed E-state index contributed by atoms with van der Waals surface area (Å²) < 4.78 is 21.4. The van der Waals surface area contributed by atoms with Gasteiger partial charge < -0.3 is 18.9 Å².